The molecule has 5 nitrogen and oxygen atoms in total. The summed E-state index contributed by atoms with van der Waals surface area (Å²) in [7, 11) is 0. The van der Waals surface area contributed by atoms with Crippen molar-refractivity contribution in [3.63, 3.8) is 0 Å². The van der Waals surface area contributed by atoms with Gasteiger partial charge in [-0.1, -0.05) is 56.5 Å². The molecule has 1 fully saturated rings. The molecule has 1 atom stereocenters. The molecule has 1 aliphatic carbocycles. The molecule has 0 saturated heterocycles. The Labute approximate surface area is 210 Å². The van der Waals surface area contributed by atoms with E-state index in [1.807, 2.05) is 37.3 Å². The molecule has 2 aromatic rings. The van der Waals surface area contributed by atoms with Gasteiger partial charge in [-0.15, -0.1) is 0 Å². The van der Waals surface area contributed by atoms with Gasteiger partial charge in [-0.25, -0.2) is 0 Å². The van der Waals surface area contributed by atoms with Crippen LogP contribution in [0.15, 0.2) is 46.9 Å². The van der Waals surface area contributed by atoms with E-state index in [1.54, 1.807) is 17.0 Å². The third-order valence-electron chi connectivity index (χ3n) is 6.11. The molecule has 1 N–H and O–H groups in total. The van der Waals surface area contributed by atoms with E-state index in [4.69, 9.17) is 16.3 Å². The number of nitrogens with zero attached hydrogens (tertiary/aromatic N) is 1. The highest BCUT2D eigenvalue weighted by atomic mass is 79.9. The smallest absolute Gasteiger partial charge is 0.261 e. The lowest BCUT2D eigenvalue weighted by Gasteiger charge is -2.31. The van der Waals surface area contributed by atoms with Crippen LogP contribution in [0, 0.1) is 0 Å². The minimum absolute atomic E-state index is 0.0970. The predicted molar refractivity (Wildman–Crippen MR) is 135 cm³/mol. The fourth-order valence-electron chi connectivity index (χ4n) is 4.18. The quantitative estimate of drug-likeness (QED) is 0.411. The zero-order valence-corrected chi connectivity index (χ0v) is 21.6. The summed E-state index contributed by atoms with van der Waals surface area (Å²) in [5.41, 5.74) is 2.09. The van der Waals surface area contributed by atoms with E-state index in [-0.39, 0.29) is 24.5 Å². The highest BCUT2D eigenvalue weighted by molar-refractivity contribution is 9.10. The zero-order valence-electron chi connectivity index (χ0n) is 19.3. The topological polar surface area (TPSA) is 58.6 Å². The van der Waals surface area contributed by atoms with E-state index >= 15 is 0 Å². The van der Waals surface area contributed by atoms with Crippen molar-refractivity contribution in [2.45, 2.75) is 71.0 Å². The number of halogens is 2. The fraction of sp³-hybridized carbons (Fsp3) is 0.462. The highest BCUT2D eigenvalue weighted by Gasteiger charge is 2.31. The summed E-state index contributed by atoms with van der Waals surface area (Å²) < 4.78 is 6.66. The van der Waals surface area contributed by atoms with Crippen LogP contribution >= 0.6 is 27.5 Å². The molecule has 33 heavy (non-hydrogen) atoms. The van der Waals surface area contributed by atoms with Gasteiger partial charge in [0.2, 0.25) is 5.91 Å². The molecular weight excluding hydrogens is 504 g/mol. The van der Waals surface area contributed by atoms with Gasteiger partial charge in [-0.05, 0) is 77.0 Å². The molecular formula is C26H32BrClN2O3. The Bertz CT molecular complexity index is 945. The van der Waals surface area contributed by atoms with Crippen molar-refractivity contribution in [3.05, 3.63) is 63.1 Å². The average Bonchev–Trinajstić information content (AvgIpc) is 3.32. The lowest BCUT2D eigenvalue weighted by Crippen LogP contribution is -2.52. The third kappa shape index (κ3) is 7.21. The maximum Gasteiger partial charge on any atom is 0.261 e. The van der Waals surface area contributed by atoms with Gasteiger partial charge in [0.1, 0.15) is 11.8 Å². The zero-order chi connectivity index (χ0) is 23.8. The Morgan fingerprint density at radius 2 is 1.79 bits per heavy atom. The summed E-state index contributed by atoms with van der Waals surface area (Å²) in [4.78, 5) is 28.1. The molecule has 3 rings (SSSR count). The minimum Gasteiger partial charge on any atom is -0.483 e. The molecule has 0 aromatic heterocycles. The number of rotatable bonds is 10. The van der Waals surface area contributed by atoms with Crippen molar-refractivity contribution >= 4 is 39.3 Å². The molecule has 1 aliphatic rings. The molecule has 2 amide bonds. The predicted octanol–water partition coefficient (Wildman–Crippen LogP) is 5.91. The van der Waals surface area contributed by atoms with Crippen LogP contribution in [-0.2, 0) is 22.6 Å². The highest BCUT2D eigenvalue weighted by Crippen LogP contribution is 2.26. The van der Waals surface area contributed by atoms with E-state index in [0.29, 0.717) is 23.7 Å². The largest absolute Gasteiger partial charge is 0.483 e. The second-order valence-electron chi connectivity index (χ2n) is 8.47. The van der Waals surface area contributed by atoms with Gasteiger partial charge in [0.05, 0.1) is 4.47 Å². The normalized spacial score (nSPS) is 14.7. The van der Waals surface area contributed by atoms with Crippen molar-refractivity contribution in [1.29, 1.82) is 0 Å². The number of benzene rings is 2. The molecule has 178 valence electrons. The van der Waals surface area contributed by atoms with Gasteiger partial charge in [0.25, 0.3) is 5.91 Å². The molecule has 0 unspecified atom stereocenters. The number of hydrogen-bond acceptors (Lipinski definition) is 3. The van der Waals surface area contributed by atoms with Crippen LogP contribution < -0.4 is 10.1 Å². The van der Waals surface area contributed by atoms with Crippen LogP contribution in [0.3, 0.4) is 0 Å². The molecule has 7 heteroatoms. The molecule has 0 aliphatic heterocycles. The summed E-state index contributed by atoms with van der Waals surface area (Å²) in [5, 5.41) is 3.78. The molecule has 0 bridgehead atoms. The first-order valence-electron chi connectivity index (χ1n) is 11.7. The number of carbonyl (C=O) groups excluding carboxylic acids is 2. The molecule has 2 aromatic carbocycles. The molecule has 0 heterocycles. The molecule has 0 radical (unpaired) electrons. The maximum absolute atomic E-state index is 13.3. The lowest BCUT2D eigenvalue weighted by atomic mass is 10.1. The van der Waals surface area contributed by atoms with Crippen LogP contribution in [0.4, 0.5) is 0 Å². The van der Waals surface area contributed by atoms with Gasteiger partial charge in [0, 0.05) is 17.6 Å². The van der Waals surface area contributed by atoms with Gasteiger partial charge in [-0.3, -0.25) is 9.59 Å². The number of hydrogen-bond donors (Lipinski definition) is 1. The lowest BCUT2D eigenvalue weighted by molar-refractivity contribution is -0.143. The van der Waals surface area contributed by atoms with Crippen molar-refractivity contribution in [1.82, 2.24) is 10.2 Å². The second kappa shape index (κ2) is 12.4. The van der Waals surface area contributed by atoms with E-state index < -0.39 is 6.04 Å². The van der Waals surface area contributed by atoms with Gasteiger partial charge in [-0.2, -0.15) is 0 Å². The average molecular weight is 536 g/mol. The van der Waals surface area contributed by atoms with Crippen LogP contribution in [0.25, 0.3) is 0 Å². The maximum atomic E-state index is 13.3. The standard InChI is InChI=1S/C26H32BrClN2O3/c1-3-18-11-14-24(22(27)15-18)33-17-25(31)30(16-19-9-12-20(28)13-10-19)23(4-2)26(32)29-21-7-5-6-8-21/h9-15,21,23H,3-8,16-17H2,1-2H3,(H,29,32)/t23-/m0/s1. The number of nitrogens with one attached hydrogen (secondary N) is 1. The second-order valence-corrected chi connectivity index (χ2v) is 9.76. The monoisotopic (exact) mass is 534 g/mol. The summed E-state index contributed by atoms with van der Waals surface area (Å²) in [6.07, 6.45) is 5.70. The van der Waals surface area contributed by atoms with E-state index in [1.165, 1.54) is 5.56 Å². The van der Waals surface area contributed by atoms with E-state index in [0.717, 1.165) is 42.1 Å². The van der Waals surface area contributed by atoms with Crippen LogP contribution in [0.5, 0.6) is 5.75 Å². The minimum atomic E-state index is -0.566. The first-order valence-corrected chi connectivity index (χ1v) is 12.8. The van der Waals surface area contributed by atoms with Crippen molar-refractivity contribution in [3.8, 4) is 5.75 Å². The number of amides is 2. The summed E-state index contributed by atoms with van der Waals surface area (Å²) in [5.74, 6) is 0.278. The fourth-order valence-corrected chi connectivity index (χ4v) is 4.84. The Morgan fingerprint density at radius 1 is 1.12 bits per heavy atom. The summed E-state index contributed by atoms with van der Waals surface area (Å²) >= 11 is 9.55. The third-order valence-corrected chi connectivity index (χ3v) is 6.98. The SMILES string of the molecule is CCc1ccc(OCC(=O)N(Cc2ccc(Cl)cc2)[C@@H](CC)C(=O)NC2CCCC2)c(Br)c1. The number of carbonyl (C=O) groups is 2. The van der Waals surface area contributed by atoms with Gasteiger partial charge in [0.15, 0.2) is 6.61 Å². The summed E-state index contributed by atoms with van der Waals surface area (Å²) in [6.45, 7) is 4.18. The first-order chi connectivity index (χ1) is 15.9. The summed E-state index contributed by atoms with van der Waals surface area (Å²) in [6, 6.07) is 12.8. The first kappa shape index (κ1) is 25.6. The van der Waals surface area contributed by atoms with Crippen LogP contribution in [0.1, 0.15) is 57.1 Å². The van der Waals surface area contributed by atoms with Crippen molar-refractivity contribution in [2.24, 2.45) is 0 Å². The Kier molecular flexibility index (Phi) is 9.63. The van der Waals surface area contributed by atoms with Crippen molar-refractivity contribution < 1.29 is 14.3 Å². The number of aryl methyl sites for hydroxylation is 1. The Morgan fingerprint density at radius 3 is 2.39 bits per heavy atom. The molecule has 1 saturated carbocycles. The van der Waals surface area contributed by atoms with Gasteiger partial charge < -0.3 is 15.0 Å². The Balaban J connectivity index is 1.76. The van der Waals surface area contributed by atoms with E-state index in [9.17, 15) is 9.59 Å². The van der Waals surface area contributed by atoms with Gasteiger partial charge >= 0.3 is 0 Å². The van der Waals surface area contributed by atoms with Crippen LogP contribution in [-0.4, -0.2) is 35.4 Å². The van der Waals surface area contributed by atoms with E-state index in [2.05, 4.69) is 28.2 Å². The molecule has 0 spiro atoms. The Hall–Kier alpha value is -2.05. The van der Waals surface area contributed by atoms with Crippen LogP contribution in [0.2, 0.25) is 5.02 Å². The number of ether oxygens (including phenoxy) is 1. The van der Waals surface area contributed by atoms with Crippen molar-refractivity contribution in [2.75, 3.05) is 6.61 Å².